The fraction of sp³-hybridized carbons (Fsp3) is 0.0769. The molecule has 6 nitrogen and oxygen atoms in total. The van der Waals surface area contributed by atoms with E-state index >= 15 is 0 Å². The standard InChI is InChI=1S/C13H9N3O3S/c1-7-15-13(20-16-7)19-10-6-14-9-5-3-2-4-8(9)11(10)12(17)18/h2-6H,1H3,(H,17,18). The molecule has 0 atom stereocenters. The zero-order valence-corrected chi connectivity index (χ0v) is 11.2. The Morgan fingerprint density at radius 1 is 1.35 bits per heavy atom. The number of carbonyl (C=O) groups is 1. The molecule has 100 valence electrons. The molecule has 0 aliphatic rings. The van der Waals surface area contributed by atoms with Gasteiger partial charge in [-0.2, -0.15) is 9.36 Å². The van der Waals surface area contributed by atoms with E-state index < -0.39 is 5.97 Å². The third kappa shape index (κ3) is 2.19. The lowest BCUT2D eigenvalue weighted by molar-refractivity contribution is 0.0696. The average molecular weight is 287 g/mol. The lowest BCUT2D eigenvalue weighted by Crippen LogP contribution is -2.02. The summed E-state index contributed by atoms with van der Waals surface area (Å²) < 4.78 is 9.49. The van der Waals surface area contributed by atoms with E-state index in [0.29, 0.717) is 21.9 Å². The summed E-state index contributed by atoms with van der Waals surface area (Å²) in [4.78, 5) is 19.7. The number of nitrogens with zero attached hydrogens (tertiary/aromatic N) is 3. The fourth-order valence-electron chi connectivity index (χ4n) is 1.83. The van der Waals surface area contributed by atoms with Gasteiger partial charge in [-0.3, -0.25) is 4.98 Å². The van der Waals surface area contributed by atoms with Gasteiger partial charge in [0.2, 0.25) is 0 Å². The summed E-state index contributed by atoms with van der Waals surface area (Å²) in [5, 5.41) is 10.2. The summed E-state index contributed by atoms with van der Waals surface area (Å²) in [6.45, 7) is 1.74. The van der Waals surface area contributed by atoms with Crippen LogP contribution in [0.25, 0.3) is 10.9 Å². The van der Waals surface area contributed by atoms with Crippen LogP contribution in [0.5, 0.6) is 10.9 Å². The topological polar surface area (TPSA) is 85.2 Å². The van der Waals surface area contributed by atoms with E-state index in [4.69, 9.17) is 4.74 Å². The van der Waals surface area contributed by atoms with Crippen molar-refractivity contribution >= 4 is 28.4 Å². The molecule has 2 aromatic heterocycles. The molecule has 20 heavy (non-hydrogen) atoms. The second-order valence-electron chi connectivity index (χ2n) is 4.03. The number of benzene rings is 1. The lowest BCUT2D eigenvalue weighted by Gasteiger charge is -2.08. The quantitative estimate of drug-likeness (QED) is 0.797. The number of fused-ring (bicyclic) bond motifs is 1. The molecule has 0 saturated carbocycles. The van der Waals surface area contributed by atoms with E-state index in [1.165, 1.54) is 6.20 Å². The Bertz CT molecular complexity index is 800. The van der Waals surface area contributed by atoms with E-state index in [1.807, 2.05) is 0 Å². The number of pyridine rings is 1. The SMILES string of the molecule is Cc1nsc(Oc2cnc3ccccc3c2C(=O)O)n1. The van der Waals surface area contributed by atoms with Crippen LogP contribution in [0.4, 0.5) is 0 Å². The Labute approximate surface area is 117 Å². The number of hydrogen-bond donors (Lipinski definition) is 1. The first-order valence-corrected chi connectivity index (χ1v) is 6.51. The van der Waals surface area contributed by atoms with Gasteiger partial charge in [0, 0.05) is 16.9 Å². The van der Waals surface area contributed by atoms with Crippen LogP contribution in [-0.2, 0) is 0 Å². The predicted octanol–water partition coefficient (Wildman–Crippen LogP) is 2.89. The minimum absolute atomic E-state index is 0.0726. The minimum atomic E-state index is -1.07. The van der Waals surface area contributed by atoms with Gasteiger partial charge >= 0.3 is 5.97 Å². The fourth-order valence-corrected chi connectivity index (χ4v) is 2.39. The molecule has 0 spiro atoms. The van der Waals surface area contributed by atoms with Crippen LogP contribution in [0.15, 0.2) is 30.5 Å². The van der Waals surface area contributed by atoms with E-state index in [-0.39, 0.29) is 11.3 Å². The summed E-state index contributed by atoms with van der Waals surface area (Å²) in [5.41, 5.74) is 0.675. The Morgan fingerprint density at radius 2 is 2.15 bits per heavy atom. The van der Waals surface area contributed by atoms with E-state index in [1.54, 1.807) is 31.2 Å². The number of ether oxygens (including phenoxy) is 1. The average Bonchev–Trinajstić information content (AvgIpc) is 2.83. The highest BCUT2D eigenvalue weighted by Gasteiger charge is 2.18. The molecule has 1 aromatic carbocycles. The molecule has 3 aromatic rings. The minimum Gasteiger partial charge on any atom is -0.478 e. The van der Waals surface area contributed by atoms with Crippen LogP contribution in [0.2, 0.25) is 0 Å². The molecule has 0 amide bonds. The smallest absolute Gasteiger partial charge is 0.340 e. The molecule has 0 aliphatic carbocycles. The van der Waals surface area contributed by atoms with Crippen molar-refractivity contribution < 1.29 is 14.6 Å². The molecule has 0 fully saturated rings. The maximum absolute atomic E-state index is 11.5. The van der Waals surface area contributed by atoms with Crippen LogP contribution in [0.3, 0.4) is 0 Å². The number of para-hydroxylation sites is 1. The number of aromatic carboxylic acids is 1. The highest BCUT2D eigenvalue weighted by atomic mass is 32.1. The van der Waals surface area contributed by atoms with Gasteiger partial charge < -0.3 is 9.84 Å². The van der Waals surface area contributed by atoms with E-state index in [9.17, 15) is 9.90 Å². The lowest BCUT2D eigenvalue weighted by atomic mass is 10.1. The summed E-state index contributed by atoms with van der Waals surface area (Å²) in [5.74, 6) is -0.331. The third-order valence-electron chi connectivity index (χ3n) is 2.66. The molecule has 1 N–H and O–H groups in total. The van der Waals surface area contributed by atoms with Crippen molar-refractivity contribution in [3.63, 3.8) is 0 Å². The van der Waals surface area contributed by atoms with E-state index in [0.717, 1.165) is 11.5 Å². The summed E-state index contributed by atoms with van der Waals surface area (Å²) in [7, 11) is 0. The normalized spacial score (nSPS) is 10.7. The third-order valence-corrected chi connectivity index (χ3v) is 3.35. The second kappa shape index (κ2) is 4.86. The van der Waals surface area contributed by atoms with Crippen molar-refractivity contribution in [3.8, 4) is 10.9 Å². The zero-order chi connectivity index (χ0) is 14.1. The Kier molecular flexibility index (Phi) is 3.03. The zero-order valence-electron chi connectivity index (χ0n) is 10.4. The molecular formula is C13H9N3O3S. The van der Waals surface area contributed by atoms with Gasteiger partial charge in [-0.1, -0.05) is 18.2 Å². The van der Waals surface area contributed by atoms with Crippen LogP contribution in [0, 0.1) is 6.92 Å². The van der Waals surface area contributed by atoms with Crippen molar-refractivity contribution in [2.24, 2.45) is 0 Å². The molecule has 0 saturated heterocycles. The predicted molar refractivity (Wildman–Crippen MR) is 73.4 cm³/mol. The highest BCUT2D eigenvalue weighted by Crippen LogP contribution is 2.30. The van der Waals surface area contributed by atoms with Gasteiger partial charge in [0.1, 0.15) is 11.4 Å². The van der Waals surface area contributed by atoms with Gasteiger partial charge in [-0.25, -0.2) is 4.79 Å². The van der Waals surface area contributed by atoms with Crippen molar-refractivity contribution in [1.82, 2.24) is 14.3 Å². The van der Waals surface area contributed by atoms with Crippen molar-refractivity contribution in [3.05, 3.63) is 41.9 Å². The second-order valence-corrected chi connectivity index (χ2v) is 4.74. The maximum atomic E-state index is 11.5. The van der Waals surface area contributed by atoms with Crippen molar-refractivity contribution in [1.29, 1.82) is 0 Å². The van der Waals surface area contributed by atoms with Crippen LogP contribution < -0.4 is 4.74 Å². The first-order valence-electron chi connectivity index (χ1n) is 5.74. The van der Waals surface area contributed by atoms with Gasteiger partial charge in [-0.05, 0) is 13.0 Å². The first kappa shape index (κ1) is 12.5. The van der Waals surface area contributed by atoms with Crippen molar-refractivity contribution in [2.75, 3.05) is 0 Å². The molecule has 7 heteroatoms. The van der Waals surface area contributed by atoms with Gasteiger partial charge in [0.05, 0.1) is 11.7 Å². The molecule has 0 aliphatic heterocycles. The highest BCUT2D eigenvalue weighted by molar-refractivity contribution is 7.07. The van der Waals surface area contributed by atoms with Crippen LogP contribution >= 0.6 is 11.5 Å². The van der Waals surface area contributed by atoms with Crippen LogP contribution in [0.1, 0.15) is 16.2 Å². The van der Waals surface area contributed by atoms with Gasteiger partial charge in [0.15, 0.2) is 5.75 Å². The van der Waals surface area contributed by atoms with Crippen LogP contribution in [-0.4, -0.2) is 25.4 Å². The monoisotopic (exact) mass is 287 g/mol. The number of hydrogen-bond acceptors (Lipinski definition) is 6. The molecule has 0 unspecified atom stereocenters. The molecule has 0 radical (unpaired) electrons. The first-order chi connectivity index (χ1) is 9.65. The summed E-state index contributed by atoms with van der Waals surface area (Å²) in [6.07, 6.45) is 1.39. The number of carboxylic acid groups (broad SMARTS) is 1. The Morgan fingerprint density at radius 3 is 2.85 bits per heavy atom. The summed E-state index contributed by atoms with van der Waals surface area (Å²) >= 11 is 1.07. The summed E-state index contributed by atoms with van der Waals surface area (Å²) in [6, 6.07) is 7.01. The van der Waals surface area contributed by atoms with Crippen molar-refractivity contribution in [2.45, 2.75) is 6.92 Å². The Balaban J connectivity index is 2.15. The molecular weight excluding hydrogens is 278 g/mol. The Hall–Kier alpha value is -2.54. The van der Waals surface area contributed by atoms with E-state index in [2.05, 4.69) is 14.3 Å². The molecule has 0 bridgehead atoms. The van der Waals surface area contributed by atoms with Gasteiger partial charge in [-0.15, -0.1) is 0 Å². The van der Waals surface area contributed by atoms with Gasteiger partial charge in [0.25, 0.3) is 5.19 Å². The number of aromatic nitrogens is 3. The largest absolute Gasteiger partial charge is 0.478 e. The molecule has 2 heterocycles. The molecule has 3 rings (SSSR count). The maximum Gasteiger partial charge on any atom is 0.340 e. The number of rotatable bonds is 3. The number of aryl methyl sites for hydroxylation is 1. The number of carboxylic acids is 1.